The lowest BCUT2D eigenvalue weighted by molar-refractivity contribution is -0.124. The number of carbonyl (C=O) groups is 1. The van der Waals surface area contributed by atoms with E-state index >= 15 is 0 Å². The van der Waals surface area contributed by atoms with Gasteiger partial charge in [-0.05, 0) is 12.5 Å². The van der Waals surface area contributed by atoms with Gasteiger partial charge in [0.25, 0.3) is 0 Å². The maximum atomic E-state index is 11.3. The highest BCUT2D eigenvalue weighted by Gasteiger charge is 2.26. The van der Waals surface area contributed by atoms with Gasteiger partial charge in [-0.25, -0.2) is 0 Å². The molecule has 0 aliphatic heterocycles. The second kappa shape index (κ2) is 5.92. The van der Waals surface area contributed by atoms with Crippen LogP contribution in [0.15, 0.2) is 30.3 Å². The molecular weight excluding hydrogens is 229 g/mol. The van der Waals surface area contributed by atoms with Gasteiger partial charge in [-0.1, -0.05) is 30.3 Å². The van der Waals surface area contributed by atoms with Gasteiger partial charge in [-0.15, -0.1) is 0 Å². The Bertz CT molecular complexity index is 382. The van der Waals surface area contributed by atoms with Crippen molar-refractivity contribution in [2.45, 2.75) is 19.1 Å². The summed E-state index contributed by atoms with van der Waals surface area (Å²) in [6.45, 7) is 1.28. The molecule has 5 nitrogen and oxygen atoms in total. The molecule has 0 saturated carbocycles. The van der Waals surface area contributed by atoms with E-state index in [1.807, 2.05) is 6.07 Å². The zero-order valence-electron chi connectivity index (χ0n) is 8.79. The van der Waals surface area contributed by atoms with Gasteiger partial charge in [0, 0.05) is 0 Å². The number of benzene rings is 1. The molecule has 1 rings (SSSR count). The summed E-state index contributed by atoms with van der Waals surface area (Å²) in [5.74, 6) is -0.372. The van der Waals surface area contributed by atoms with Gasteiger partial charge in [0.2, 0.25) is 0 Å². The van der Waals surface area contributed by atoms with E-state index in [-0.39, 0.29) is 5.78 Å². The van der Waals surface area contributed by atoms with Gasteiger partial charge in [0.15, 0.2) is 5.78 Å². The van der Waals surface area contributed by atoms with Gasteiger partial charge in [0.05, 0.1) is 6.04 Å². The number of Topliss-reactive ketones (excluding diaryl/α,β-unsaturated/α-hetero) is 1. The van der Waals surface area contributed by atoms with Gasteiger partial charge in [-0.3, -0.25) is 13.9 Å². The Morgan fingerprint density at radius 2 is 2.00 bits per heavy atom. The summed E-state index contributed by atoms with van der Waals surface area (Å²) in [5, 5.41) is 0. The van der Waals surface area contributed by atoms with Crippen LogP contribution >= 0.6 is 8.25 Å². The molecule has 0 aliphatic carbocycles. The summed E-state index contributed by atoms with van der Waals surface area (Å²) in [6.07, 6.45) is -1.08. The minimum atomic E-state index is -3.18. The van der Waals surface area contributed by atoms with Crippen molar-refractivity contribution in [3.05, 3.63) is 35.9 Å². The highest BCUT2D eigenvalue weighted by atomic mass is 31.1. The quantitative estimate of drug-likeness (QED) is 0.754. The molecule has 0 aromatic heterocycles. The number of ketones is 1. The molecule has 88 valence electrons. The largest absolute Gasteiger partial charge is 0.326 e. The summed E-state index contributed by atoms with van der Waals surface area (Å²) in [6, 6.07) is 8.09. The van der Waals surface area contributed by atoms with Crippen LogP contribution in [0, 0.1) is 0 Å². The van der Waals surface area contributed by atoms with Crippen molar-refractivity contribution in [1.82, 2.24) is 0 Å². The smallest absolute Gasteiger partial charge is 0.317 e. The van der Waals surface area contributed by atoms with Crippen LogP contribution in [0.25, 0.3) is 0 Å². The van der Waals surface area contributed by atoms with E-state index in [2.05, 4.69) is 4.52 Å². The van der Waals surface area contributed by atoms with Crippen molar-refractivity contribution in [1.29, 1.82) is 0 Å². The highest BCUT2D eigenvalue weighted by molar-refractivity contribution is 7.32. The van der Waals surface area contributed by atoms with Crippen LogP contribution in [0.4, 0.5) is 0 Å². The lowest BCUT2D eigenvalue weighted by Crippen LogP contribution is -2.33. The molecule has 6 heteroatoms. The van der Waals surface area contributed by atoms with E-state index < -0.39 is 20.4 Å². The molecule has 0 radical (unpaired) electrons. The number of hydrogen-bond acceptors (Lipinski definition) is 4. The molecule has 1 aromatic carbocycles. The SMILES string of the molecule is CC(=O)C(O[PH](=O)O)C(N)c1ccccc1. The fourth-order valence-electron chi connectivity index (χ4n) is 1.37. The number of carbonyl (C=O) groups excluding carboxylic acids is 1. The van der Waals surface area contributed by atoms with E-state index in [4.69, 9.17) is 10.6 Å². The maximum Gasteiger partial charge on any atom is 0.317 e. The summed E-state index contributed by atoms with van der Waals surface area (Å²) in [7, 11) is -3.18. The topological polar surface area (TPSA) is 89.6 Å². The lowest BCUT2D eigenvalue weighted by atomic mass is 10.0. The zero-order chi connectivity index (χ0) is 12.1. The average Bonchev–Trinajstić information content (AvgIpc) is 2.25. The third-order valence-corrected chi connectivity index (χ3v) is 2.59. The van der Waals surface area contributed by atoms with Gasteiger partial charge < -0.3 is 10.6 Å². The molecule has 0 amide bonds. The standard InChI is InChI=1S/C10H14NO4P/c1-7(12)10(15-16(13)14)9(11)8-5-3-2-4-6-8/h2-6,9-10,16H,11H2,1H3,(H,13,14). The molecule has 3 atom stereocenters. The van der Waals surface area contributed by atoms with Gasteiger partial charge >= 0.3 is 8.25 Å². The first-order chi connectivity index (χ1) is 7.52. The molecule has 0 heterocycles. The first-order valence-corrected chi connectivity index (χ1v) is 5.99. The Morgan fingerprint density at radius 1 is 1.44 bits per heavy atom. The van der Waals surface area contributed by atoms with E-state index in [1.54, 1.807) is 24.3 Å². The Kier molecular flexibility index (Phi) is 4.83. The predicted octanol–water partition coefficient (Wildman–Crippen LogP) is 1.04. The molecule has 3 N–H and O–H groups in total. The summed E-state index contributed by atoms with van der Waals surface area (Å²) in [4.78, 5) is 19.9. The fraction of sp³-hybridized carbons (Fsp3) is 0.300. The molecule has 0 spiro atoms. The Morgan fingerprint density at radius 3 is 2.44 bits per heavy atom. The van der Waals surface area contributed by atoms with Crippen LogP contribution in [-0.4, -0.2) is 16.8 Å². The third kappa shape index (κ3) is 3.54. The Labute approximate surface area is 94.2 Å². The lowest BCUT2D eigenvalue weighted by Gasteiger charge is -2.20. The van der Waals surface area contributed by atoms with Crippen molar-refractivity contribution in [3.63, 3.8) is 0 Å². The second-order valence-corrected chi connectivity index (χ2v) is 4.12. The van der Waals surface area contributed by atoms with Crippen molar-refractivity contribution in [2.24, 2.45) is 5.73 Å². The second-order valence-electron chi connectivity index (χ2n) is 3.35. The van der Waals surface area contributed by atoms with Crippen LogP contribution in [0.3, 0.4) is 0 Å². The number of rotatable bonds is 5. The number of hydrogen-bond donors (Lipinski definition) is 2. The van der Waals surface area contributed by atoms with Crippen molar-refractivity contribution in [2.75, 3.05) is 0 Å². The number of nitrogens with two attached hydrogens (primary N) is 1. The van der Waals surface area contributed by atoms with Crippen LogP contribution in [0.1, 0.15) is 18.5 Å². The van der Waals surface area contributed by atoms with Crippen LogP contribution in [0.5, 0.6) is 0 Å². The minimum Gasteiger partial charge on any atom is -0.326 e. The Balaban J connectivity index is 2.87. The normalized spacial score (nSPS) is 16.4. The molecule has 0 aliphatic rings. The van der Waals surface area contributed by atoms with E-state index in [1.165, 1.54) is 6.92 Å². The maximum absolute atomic E-state index is 11.3. The summed E-state index contributed by atoms with van der Waals surface area (Å²) >= 11 is 0. The van der Waals surface area contributed by atoms with Crippen LogP contribution in [0.2, 0.25) is 0 Å². The molecular formula is C10H14NO4P. The monoisotopic (exact) mass is 243 g/mol. The van der Waals surface area contributed by atoms with Crippen LogP contribution in [-0.2, 0) is 13.9 Å². The molecule has 0 bridgehead atoms. The summed E-state index contributed by atoms with van der Waals surface area (Å²) in [5.41, 5.74) is 6.50. The summed E-state index contributed by atoms with van der Waals surface area (Å²) < 4.78 is 15.3. The average molecular weight is 243 g/mol. The molecule has 0 fully saturated rings. The van der Waals surface area contributed by atoms with Gasteiger partial charge in [0.1, 0.15) is 6.10 Å². The molecule has 16 heavy (non-hydrogen) atoms. The van der Waals surface area contributed by atoms with E-state index in [0.29, 0.717) is 5.56 Å². The Hall–Kier alpha value is -1.00. The van der Waals surface area contributed by atoms with Gasteiger partial charge in [-0.2, -0.15) is 0 Å². The first-order valence-electron chi connectivity index (χ1n) is 4.73. The van der Waals surface area contributed by atoms with Crippen LogP contribution < -0.4 is 5.73 Å². The van der Waals surface area contributed by atoms with Crippen molar-refractivity contribution in [3.8, 4) is 0 Å². The highest BCUT2D eigenvalue weighted by Crippen LogP contribution is 2.26. The predicted molar refractivity (Wildman–Crippen MR) is 60.1 cm³/mol. The molecule has 0 saturated heterocycles. The third-order valence-electron chi connectivity index (χ3n) is 2.14. The fourth-order valence-corrected chi connectivity index (χ4v) is 1.90. The molecule has 3 unspecified atom stereocenters. The zero-order valence-corrected chi connectivity index (χ0v) is 9.79. The minimum absolute atomic E-state index is 0.372. The van der Waals surface area contributed by atoms with Crippen molar-refractivity contribution >= 4 is 14.0 Å². The van der Waals surface area contributed by atoms with E-state index in [9.17, 15) is 9.36 Å². The van der Waals surface area contributed by atoms with Crippen molar-refractivity contribution < 1.29 is 18.8 Å². The molecule has 1 aromatic rings. The van der Waals surface area contributed by atoms with E-state index in [0.717, 1.165) is 0 Å². The first kappa shape index (κ1) is 13.1.